The standard InChI is InChI=1S/C13H14N2O3/c1-15-13(16)7-5-10(14-15)9-4-6-11(17-2)12(8-9)18-3/h4-8H,1-3H3. The van der Waals surface area contributed by atoms with Crippen molar-refractivity contribution in [2.75, 3.05) is 14.2 Å². The monoisotopic (exact) mass is 246 g/mol. The zero-order valence-corrected chi connectivity index (χ0v) is 10.5. The molecule has 2 rings (SSSR count). The maximum absolute atomic E-state index is 11.3. The topological polar surface area (TPSA) is 53.4 Å². The van der Waals surface area contributed by atoms with Crippen LogP contribution >= 0.6 is 0 Å². The van der Waals surface area contributed by atoms with Gasteiger partial charge < -0.3 is 9.47 Å². The zero-order valence-electron chi connectivity index (χ0n) is 10.5. The van der Waals surface area contributed by atoms with Crippen LogP contribution in [-0.4, -0.2) is 24.0 Å². The Hall–Kier alpha value is -2.30. The van der Waals surface area contributed by atoms with E-state index in [0.29, 0.717) is 17.2 Å². The van der Waals surface area contributed by atoms with Gasteiger partial charge in [0.15, 0.2) is 11.5 Å². The second kappa shape index (κ2) is 4.91. The molecule has 0 aliphatic carbocycles. The summed E-state index contributed by atoms with van der Waals surface area (Å²) >= 11 is 0. The highest BCUT2D eigenvalue weighted by Crippen LogP contribution is 2.31. The third-order valence-electron chi connectivity index (χ3n) is 2.64. The summed E-state index contributed by atoms with van der Waals surface area (Å²) in [4.78, 5) is 11.3. The second-order valence-electron chi connectivity index (χ2n) is 3.75. The molecule has 0 fully saturated rings. The lowest BCUT2D eigenvalue weighted by atomic mass is 10.1. The number of nitrogens with zero attached hydrogens (tertiary/aromatic N) is 2. The molecule has 2 aromatic rings. The molecular weight excluding hydrogens is 232 g/mol. The normalized spacial score (nSPS) is 10.2. The van der Waals surface area contributed by atoms with E-state index in [-0.39, 0.29) is 5.56 Å². The Labute approximate surface area is 105 Å². The molecule has 0 radical (unpaired) electrons. The largest absolute Gasteiger partial charge is 0.493 e. The number of ether oxygens (including phenoxy) is 2. The molecule has 0 atom stereocenters. The van der Waals surface area contributed by atoms with Crippen molar-refractivity contribution in [1.29, 1.82) is 0 Å². The highest BCUT2D eigenvalue weighted by molar-refractivity contribution is 5.63. The van der Waals surface area contributed by atoms with Crippen LogP contribution in [0.4, 0.5) is 0 Å². The van der Waals surface area contributed by atoms with Crippen molar-refractivity contribution in [2.24, 2.45) is 7.05 Å². The molecule has 0 N–H and O–H groups in total. The number of aromatic nitrogens is 2. The molecule has 1 heterocycles. The zero-order chi connectivity index (χ0) is 13.1. The summed E-state index contributed by atoms with van der Waals surface area (Å²) in [6.45, 7) is 0. The van der Waals surface area contributed by atoms with E-state index in [2.05, 4.69) is 5.10 Å². The van der Waals surface area contributed by atoms with Gasteiger partial charge in [0.05, 0.1) is 19.9 Å². The first kappa shape index (κ1) is 12.2. The van der Waals surface area contributed by atoms with E-state index in [0.717, 1.165) is 5.56 Å². The molecule has 0 bridgehead atoms. The van der Waals surface area contributed by atoms with Crippen molar-refractivity contribution in [2.45, 2.75) is 0 Å². The summed E-state index contributed by atoms with van der Waals surface area (Å²) in [6, 6.07) is 8.67. The summed E-state index contributed by atoms with van der Waals surface area (Å²) in [7, 11) is 4.78. The Bertz CT molecular complexity index is 620. The number of aryl methyl sites for hydroxylation is 1. The smallest absolute Gasteiger partial charge is 0.266 e. The van der Waals surface area contributed by atoms with Gasteiger partial charge in [0, 0.05) is 18.7 Å². The highest BCUT2D eigenvalue weighted by Gasteiger charge is 2.07. The number of benzene rings is 1. The van der Waals surface area contributed by atoms with E-state index < -0.39 is 0 Å². The predicted octanol–water partition coefficient (Wildman–Crippen LogP) is 1.46. The van der Waals surface area contributed by atoms with Crippen LogP contribution in [0.1, 0.15) is 0 Å². The van der Waals surface area contributed by atoms with Gasteiger partial charge in [-0.1, -0.05) is 0 Å². The molecule has 94 valence electrons. The molecule has 0 amide bonds. The molecule has 1 aromatic heterocycles. The fourth-order valence-corrected chi connectivity index (χ4v) is 1.65. The van der Waals surface area contributed by atoms with Gasteiger partial charge in [-0.3, -0.25) is 4.79 Å². The Morgan fingerprint density at radius 2 is 1.78 bits per heavy atom. The molecule has 0 aliphatic rings. The summed E-state index contributed by atoms with van der Waals surface area (Å²) in [5, 5.41) is 4.18. The molecule has 0 saturated heterocycles. The van der Waals surface area contributed by atoms with Gasteiger partial charge in [-0.05, 0) is 24.3 Å². The summed E-state index contributed by atoms with van der Waals surface area (Å²) in [5.74, 6) is 1.29. The van der Waals surface area contributed by atoms with Crippen molar-refractivity contribution in [1.82, 2.24) is 9.78 Å². The van der Waals surface area contributed by atoms with Gasteiger partial charge >= 0.3 is 0 Å². The molecule has 18 heavy (non-hydrogen) atoms. The lowest BCUT2D eigenvalue weighted by molar-refractivity contribution is 0.355. The van der Waals surface area contributed by atoms with Crippen LogP contribution in [0, 0.1) is 0 Å². The quantitative estimate of drug-likeness (QED) is 0.822. The molecule has 1 aromatic carbocycles. The first-order valence-electron chi connectivity index (χ1n) is 5.42. The van der Waals surface area contributed by atoms with Crippen molar-refractivity contribution in [3.05, 3.63) is 40.7 Å². The molecular formula is C13H14N2O3. The van der Waals surface area contributed by atoms with Crippen LogP contribution < -0.4 is 15.0 Å². The van der Waals surface area contributed by atoms with Crippen molar-refractivity contribution >= 4 is 0 Å². The SMILES string of the molecule is COc1ccc(-c2ccc(=O)n(C)n2)cc1OC. The average Bonchev–Trinajstić information content (AvgIpc) is 2.41. The number of hydrogen-bond donors (Lipinski definition) is 0. The molecule has 0 saturated carbocycles. The van der Waals surface area contributed by atoms with E-state index in [1.807, 2.05) is 12.1 Å². The molecule has 0 aliphatic heterocycles. The Morgan fingerprint density at radius 3 is 2.39 bits per heavy atom. The van der Waals surface area contributed by atoms with Crippen LogP contribution in [0.3, 0.4) is 0 Å². The minimum absolute atomic E-state index is 0.140. The van der Waals surface area contributed by atoms with Gasteiger partial charge in [0.2, 0.25) is 0 Å². The van der Waals surface area contributed by atoms with Crippen LogP contribution in [0.2, 0.25) is 0 Å². The van der Waals surface area contributed by atoms with Crippen LogP contribution in [0.15, 0.2) is 35.1 Å². The number of rotatable bonds is 3. The Kier molecular flexibility index (Phi) is 3.32. The first-order valence-corrected chi connectivity index (χ1v) is 5.42. The fourth-order valence-electron chi connectivity index (χ4n) is 1.65. The third kappa shape index (κ3) is 2.20. The van der Waals surface area contributed by atoms with Gasteiger partial charge in [-0.2, -0.15) is 5.10 Å². The number of hydrogen-bond acceptors (Lipinski definition) is 4. The van der Waals surface area contributed by atoms with E-state index >= 15 is 0 Å². The Morgan fingerprint density at radius 1 is 1.06 bits per heavy atom. The van der Waals surface area contributed by atoms with Crippen LogP contribution in [0.25, 0.3) is 11.3 Å². The maximum Gasteiger partial charge on any atom is 0.266 e. The van der Waals surface area contributed by atoms with Crippen LogP contribution in [-0.2, 0) is 7.05 Å². The van der Waals surface area contributed by atoms with Crippen molar-refractivity contribution in [3.63, 3.8) is 0 Å². The molecule has 5 nitrogen and oxygen atoms in total. The van der Waals surface area contributed by atoms with E-state index in [9.17, 15) is 4.79 Å². The van der Waals surface area contributed by atoms with Crippen LogP contribution in [0.5, 0.6) is 11.5 Å². The average molecular weight is 246 g/mol. The van der Waals surface area contributed by atoms with E-state index in [1.54, 1.807) is 33.4 Å². The fraction of sp³-hybridized carbons (Fsp3) is 0.231. The van der Waals surface area contributed by atoms with Gasteiger partial charge in [-0.15, -0.1) is 0 Å². The maximum atomic E-state index is 11.3. The van der Waals surface area contributed by atoms with Gasteiger partial charge in [-0.25, -0.2) is 4.68 Å². The lowest BCUT2D eigenvalue weighted by Gasteiger charge is -2.09. The molecule has 0 unspecified atom stereocenters. The highest BCUT2D eigenvalue weighted by atomic mass is 16.5. The predicted molar refractivity (Wildman–Crippen MR) is 68.0 cm³/mol. The summed E-state index contributed by atoms with van der Waals surface area (Å²) < 4.78 is 11.7. The second-order valence-corrected chi connectivity index (χ2v) is 3.75. The third-order valence-corrected chi connectivity index (χ3v) is 2.64. The van der Waals surface area contributed by atoms with Crippen molar-refractivity contribution < 1.29 is 9.47 Å². The molecule has 5 heteroatoms. The van der Waals surface area contributed by atoms with E-state index in [4.69, 9.17) is 9.47 Å². The van der Waals surface area contributed by atoms with Gasteiger partial charge in [0.25, 0.3) is 5.56 Å². The summed E-state index contributed by atoms with van der Waals surface area (Å²) in [6.07, 6.45) is 0. The first-order chi connectivity index (χ1) is 8.65. The van der Waals surface area contributed by atoms with Gasteiger partial charge in [0.1, 0.15) is 0 Å². The minimum Gasteiger partial charge on any atom is -0.493 e. The Balaban J connectivity index is 2.50. The van der Waals surface area contributed by atoms with E-state index in [1.165, 1.54) is 10.7 Å². The van der Waals surface area contributed by atoms with Crippen molar-refractivity contribution in [3.8, 4) is 22.8 Å². The number of methoxy groups -OCH3 is 2. The molecule has 0 spiro atoms. The summed E-state index contributed by atoms with van der Waals surface area (Å²) in [5.41, 5.74) is 1.43. The lowest BCUT2D eigenvalue weighted by Crippen LogP contribution is -2.18. The minimum atomic E-state index is -0.140.